The molecule has 0 bridgehead atoms. The van der Waals surface area contributed by atoms with Gasteiger partial charge in [-0.15, -0.1) is 0 Å². The molecular formula is C8H13O3. The van der Waals surface area contributed by atoms with E-state index in [0.717, 1.165) is 12.8 Å². The van der Waals surface area contributed by atoms with Crippen LogP contribution in [0.25, 0.3) is 0 Å². The Labute approximate surface area is 66.0 Å². The summed E-state index contributed by atoms with van der Waals surface area (Å²) >= 11 is 0. The van der Waals surface area contributed by atoms with Gasteiger partial charge in [0.2, 0.25) is 0 Å². The van der Waals surface area contributed by atoms with Crippen LogP contribution in [0.5, 0.6) is 0 Å². The van der Waals surface area contributed by atoms with E-state index in [2.05, 4.69) is 6.42 Å². The third kappa shape index (κ3) is 1.93. The van der Waals surface area contributed by atoms with Crippen LogP contribution in [0.1, 0.15) is 19.3 Å². The van der Waals surface area contributed by atoms with Crippen LogP contribution in [0.15, 0.2) is 0 Å². The van der Waals surface area contributed by atoms with Crippen molar-refractivity contribution in [1.29, 1.82) is 0 Å². The number of carboxylic acid groups (broad SMARTS) is 1. The lowest BCUT2D eigenvalue weighted by Crippen LogP contribution is -2.29. The normalized spacial score (nSPS) is 31.7. The highest BCUT2D eigenvalue weighted by molar-refractivity contribution is 5.70. The van der Waals surface area contributed by atoms with Crippen molar-refractivity contribution in [1.82, 2.24) is 0 Å². The molecule has 0 spiro atoms. The van der Waals surface area contributed by atoms with Crippen molar-refractivity contribution in [3.8, 4) is 0 Å². The van der Waals surface area contributed by atoms with Crippen LogP contribution >= 0.6 is 0 Å². The molecule has 0 saturated heterocycles. The SMILES string of the molecule is O=C(O)C1CC[CH]CC1CO. The molecule has 2 N–H and O–H groups in total. The van der Waals surface area contributed by atoms with Crippen LogP contribution in [0.2, 0.25) is 0 Å². The van der Waals surface area contributed by atoms with E-state index in [1.807, 2.05) is 0 Å². The molecule has 11 heavy (non-hydrogen) atoms. The first-order chi connectivity index (χ1) is 5.25. The zero-order valence-corrected chi connectivity index (χ0v) is 6.36. The first-order valence-corrected chi connectivity index (χ1v) is 3.91. The summed E-state index contributed by atoms with van der Waals surface area (Å²) in [5.41, 5.74) is 0. The Morgan fingerprint density at radius 3 is 2.82 bits per heavy atom. The summed E-state index contributed by atoms with van der Waals surface area (Å²) < 4.78 is 0. The Balaban J connectivity index is 2.51. The summed E-state index contributed by atoms with van der Waals surface area (Å²) in [6.45, 7) is -0.00648. The molecule has 1 aliphatic carbocycles. The van der Waals surface area contributed by atoms with Crippen molar-refractivity contribution in [2.75, 3.05) is 6.61 Å². The molecule has 2 atom stereocenters. The largest absolute Gasteiger partial charge is 0.481 e. The Morgan fingerprint density at radius 1 is 1.64 bits per heavy atom. The number of aliphatic carboxylic acids is 1. The molecule has 0 amide bonds. The fourth-order valence-corrected chi connectivity index (χ4v) is 1.56. The summed E-state index contributed by atoms with van der Waals surface area (Å²) in [5.74, 6) is -1.15. The highest BCUT2D eigenvalue weighted by Gasteiger charge is 2.29. The van der Waals surface area contributed by atoms with Crippen LogP contribution < -0.4 is 0 Å². The predicted octanol–water partition coefficient (Wildman–Crippen LogP) is 0.684. The number of hydrogen-bond acceptors (Lipinski definition) is 2. The maximum Gasteiger partial charge on any atom is 0.306 e. The van der Waals surface area contributed by atoms with Gasteiger partial charge < -0.3 is 10.2 Å². The van der Waals surface area contributed by atoms with E-state index in [4.69, 9.17) is 10.2 Å². The van der Waals surface area contributed by atoms with Crippen LogP contribution in [0.3, 0.4) is 0 Å². The average molecular weight is 157 g/mol. The van der Waals surface area contributed by atoms with Crippen molar-refractivity contribution in [3.05, 3.63) is 6.42 Å². The van der Waals surface area contributed by atoms with Gasteiger partial charge in [-0.05, 0) is 31.6 Å². The van der Waals surface area contributed by atoms with Gasteiger partial charge in [0.1, 0.15) is 0 Å². The second kappa shape index (κ2) is 3.72. The van der Waals surface area contributed by atoms with Crippen molar-refractivity contribution in [2.45, 2.75) is 19.3 Å². The summed E-state index contributed by atoms with van der Waals surface area (Å²) in [7, 11) is 0. The van der Waals surface area contributed by atoms with Gasteiger partial charge in [0.15, 0.2) is 0 Å². The molecule has 3 nitrogen and oxygen atoms in total. The fraction of sp³-hybridized carbons (Fsp3) is 0.750. The molecule has 1 fully saturated rings. The van der Waals surface area contributed by atoms with Gasteiger partial charge in [-0.3, -0.25) is 4.79 Å². The van der Waals surface area contributed by atoms with E-state index in [1.165, 1.54) is 0 Å². The maximum atomic E-state index is 10.6. The van der Waals surface area contributed by atoms with Gasteiger partial charge in [-0.25, -0.2) is 0 Å². The molecule has 1 rings (SSSR count). The van der Waals surface area contributed by atoms with E-state index in [9.17, 15) is 4.79 Å². The third-order valence-corrected chi connectivity index (χ3v) is 2.27. The second-order valence-corrected chi connectivity index (χ2v) is 2.99. The highest BCUT2D eigenvalue weighted by atomic mass is 16.4. The smallest absolute Gasteiger partial charge is 0.306 e. The Morgan fingerprint density at radius 2 is 2.36 bits per heavy atom. The van der Waals surface area contributed by atoms with Crippen molar-refractivity contribution in [3.63, 3.8) is 0 Å². The zero-order valence-electron chi connectivity index (χ0n) is 6.36. The zero-order chi connectivity index (χ0) is 8.27. The molecular weight excluding hydrogens is 144 g/mol. The molecule has 0 heterocycles. The van der Waals surface area contributed by atoms with Crippen molar-refractivity contribution < 1.29 is 15.0 Å². The summed E-state index contributed by atoms with van der Waals surface area (Å²) in [6.07, 6.45) is 4.35. The van der Waals surface area contributed by atoms with E-state index in [0.29, 0.717) is 6.42 Å². The monoisotopic (exact) mass is 157 g/mol. The summed E-state index contributed by atoms with van der Waals surface area (Å²) in [6, 6.07) is 0. The van der Waals surface area contributed by atoms with E-state index in [1.54, 1.807) is 0 Å². The molecule has 3 heteroatoms. The third-order valence-electron chi connectivity index (χ3n) is 2.27. The summed E-state index contributed by atoms with van der Waals surface area (Å²) in [4.78, 5) is 10.6. The molecule has 0 aromatic carbocycles. The van der Waals surface area contributed by atoms with Crippen molar-refractivity contribution >= 4 is 5.97 Å². The number of carbonyl (C=O) groups is 1. The minimum Gasteiger partial charge on any atom is -0.481 e. The second-order valence-electron chi connectivity index (χ2n) is 2.99. The maximum absolute atomic E-state index is 10.6. The lowest BCUT2D eigenvalue weighted by atomic mass is 9.80. The minimum atomic E-state index is -0.767. The lowest BCUT2D eigenvalue weighted by Gasteiger charge is -2.26. The number of rotatable bonds is 2. The van der Waals surface area contributed by atoms with Gasteiger partial charge in [0.25, 0.3) is 0 Å². The molecule has 0 aromatic heterocycles. The standard InChI is InChI=1S/C8H13O3/c9-5-6-3-1-2-4-7(6)8(10)11/h1,6-7,9H,2-5H2,(H,10,11). The van der Waals surface area contributed by atoms with Crippen molar-refractivity contribution in [2.24, 2.45) is 11.8 Å². The van der Waals surface area contributed by atoms with Crippen LogP contribution in [0, 0.1) is 18.3 Å². The number of aliphatic hydroxyl groups is 1. The van der Waals surface area contributed by atoms with Gasteiger partial charge in [0, 0.05) is 6.61 Å². The molecule has 63 valence electrons. The summed E-state index contributed by atoms with van der Waals surface area (Å²) in [5, 5.41) is 17.5. The van der Waals surface area contributed by atoms with Gasteiger partial charge in [0.05, 0.1) is 5.92 Å². The van der Waals surface area contributed by atoms with E-state index in [-0.39, 0.29) is 18.4 Å². The van der Waals surface area contributed by atoms with Crippen LogP contribution in [-0.2, 0) is 4.79 Å². The van der Waals surface area contributed by atoms with Gasteiger partial charge >= 0.3 is 5.97 Å². The Hall–Kier alpha value is -0.570. The molecule has 0 aliphatic heterocycles. The minimum absolute atomic E-state index is 0.00648. The lowest BCUT2D eigenvalue weighted by molar-refractivity contribution is -0.145. The Bertz CT molecular complexity index is 144. The van der Waals surface area contributed by atoms with E-state index < -0.39 is 5.97 Å². The molecule has 1 radical (unpaired) electrons. The Kier molecular flexibility index (Phi) is 2.88. The fourth-order valence-electron chi connectivity index (χ4n) is 1.56. The molecule has 1 saturated carbocycles. The van der Waals surface area contributed by atoms with Crippen LogP contribution in [-0.4, -0.2) is 22.8 Å². The first-order valence-electron chi connectivity index (χ1n) is 3.91. The number of hydrogen-bond donors (Lipinski definition) is 2. The quantitative estimate of drug-likeness (QED) is 0.619. The van der Waals surface area contributed by atoms with Crippen LogP contribution in [0.4, 0.5) is 0 Å². The highest BCUT2D eigenvalue weighted by Crippen LogP contribution is 2.28. The van der Waals surface area contributed by atoms with E-state index >= 15 is 0 Å². The predicted molar refractivity (Wildman–Crippen MR) is 39.9 cm³/mol. The van der Waals surface area contributed by atoms with Gasteiger partial charge in [-0.1, -0.05) is 0 Å². The molecule has 2 unspecified atom stereocenters. The molecule has 1 aliphatic rings. The average Bonchev–Trinajstić information content (AvgIpc) is 2.04. The molecule has 0 aromatic rings. The topological polar surface area (TPSA) is 57.5 Å². The first kappa shape index (κ1) is 8.53. The number of aliphatic hydroxyl groups excluding tert-OH is 1. The number of carboxylic acids is 1. The van der Waals surface area contributed by atoms with Gasteiger partial charge in [-0.2, -0.15) is 0 Å².